The molecule has 1 aromatic heterocycles. The number of halogens is 2. The SMILES string of the molecule is C=N/C(=C\C(C)=C/C)C(=O)[C@]12Cc3cnn(-c4ccc(F)cc4)c3C=C1CCN(S(=O)(=O)c1ccc(F)c(C)c1)C2. The van der Waals surface area contributed by atoms with Gasteiger partial charge < -0.3 is 0 Å². The van der Waals surface area contributed by atoms with Crippen LogP contribution in [0.5, 0.6) is 0 Å². The summed E-state index contributed by atoms with van der Waals surface area (Å²) < 4.78 is 58.1. The van der Waals surface area contributed by atoms with Crippen molar-refractivity contribution in [3.63, 3.8) is 0 Å². The van der Waals surface area contributed by atoms with Crippen LogP contribution in [0, 0.1) is 24.0 Å². The van der Waals surface area contributed by atoms with Crippen molar-refractivity contribution >= 4 is 28.6 Å². The molecule has 1 aliphatic carbocycles. The van der Waals surface area contributed by atoms with Gasteiger partial charge in [-0.25, -0.2) is 21.9 Å². The lowest BCUT2D eigenvalue weighted by molar-refractivity contribution is -0.124. The molecule has 7 nitrogen and oxygen atoms in total. The standard InChI is InChI=1S/C31H30F2N4O3S/c1-5-20(2)14-28(34-4)30(38)31-17-22-18-35-37(25-8-6-24(32)7-9-25)29(22)16-23(31)12-13-36(19-31)41(39,40)26-10-11-27(33)21(3)15-26/h5-11,14-16,18H,4,12-13,17,19H2,1-3H3/b20-5-,28-14-/t31-/m0/s1. The van der Waals surface area contributed by atoms with Gasteiger partial charge in [0.25, 0.3) is 0 Å². The monoisotopic (exact) mass is 576 g/mol. The minimum atomic E-state index is -4.05. The highest BCUT2D eigenvalue weighted by Crippen LogP contribution is 2.47. The van der Waals surface area contributed by atoms with Crippen molar-refractivity contribution in [2.75, 3.05) is 13.1 Å². The second-order valence-corrected chi connectivity index (χ2v) is 12.4. The van der Waals surface area contributed by atoms with Crippen LogP contribution in [-0.2, 0) is 21.2 Å². The molecule has 0 unspecified atom stereocenters. The molecule has 1 atom stereocenters. The van der Waals surface area contributed by atoms with Gasteiger partial charge in [-0.05, 0) is 106 Å². The number of fused-ring (bicyclic) bond motifs is 2. The van der Waals surface area contributed by atoms with Gasteiger partial charge in [0.2, 0.25) is 10.0 Å². The summed E-state index contributed by atoms with van der Waals surface area (Å²) in [4.78, 5) is 18.4. The number of hydrogen-bond donors (Lipinski definition) is 0. The first-order chi connectivity index (χ1) is 19.5. The van der Waals surface area contributed by atoms with Crippen molar-refractivity contribution in [1.82, 2.24) is 14.1 Å². The Morgan fingerprint density at radius 3 is 2.56 bits per heavy atom. The third-order valence-electron chi connectivity index (χ3n) is 7.88. The number of aliphatic imine (C=N–C) groups is 1. The number of Topliss-reactive ketones (excluding diaryl/α,β-unsaturated/α-hetero) is 1. The first kappa shape index (κ1) is 28.5. The number of hydrogen-bond acceptors (Lipinski definition) is 5. The highest BCUT2D eigenvalue weighted by Gasteiger charge is 2.51. The van der Waals surface area contributed by atoms with Crippen molar-refractivity contribution in [2.24, 2.45) is 10.4 Å². The molecule has 0 amide bonds. The lowest BCUT2D eigenvalue weighted by Crippen LogP contribution is -2.53. The fraction of sp³-hybridized carbons (Fsp3) is 0.258. The van der Waals surface area contributed by atoms with Gasteiger partial charge in [0.15, 0.2) is 5.78 Å². The zero-order chi connectivity index (χ0) is 29.5. The first-order valence-corrected chi connectivity index (χ1v) is 14.6. The van der Waals surface area contributed by atoms with Crippen LogP contribution in [0.3, 0.4) is 0 Å². The first-order valence-electron chi connectivity index (χ1n) is 13.2. The normalized spacial score (nSPS) is 19.8. The quantitative estimate of drug-likeness (QED) is 0.208. The number of ketones is 1. The number of carbonyl (C=O) groups excluding carboxylic acids is 1. The number of sulfonamides is 1. The molecule has 2 aliphatic rings. The Bertz CT molecular complexity index is 1750. The number of benzene rings is 2. The molecule has 0 bridgehead atoms. The van der Waals surface area contributed by atoms with Crippen LogP contribution < -0.4 is 0 Å². The molecule has 2 heterocycles. The average molecular weight is 577 g/mol. The molecule has 10 heteroatoms. The highest BCUT2D eigenvalue weighted by molar-refractivity contribution is 7.89. The third kappa shape index (κ3) is 5.02. The summed E-state index contributed by atoms with van der Waals surface area (Å²) >= 11 is 0. The topological polar surface area (TPSA) is 84.6 Å². The minimum absolute atomic E-state index is 0.0329. The maximum Gasteiger partial charge on any atom is 0.243 e. The Morgan fingerprint density at radius 2 is 1.90 bits per heavy atom. The number of rotatable bonds is 7. The maximum atomic E-state index is 14.4. The van der Waals surface area contributed by atoms with Crippen molar-refractivity contribution in [3.05, 3.63) is 106 Å². The molecule has 212 valence electrons. The zero-order valence-corrected chi connectivity index (χ0v) is 23.9. The highest BCUT2D eigenvalue weighted by atomic mass is 32.2. The summed E-state index contributed by atoms with van der Waals surface area (Å²) in [6.45, 7) is 8.83. The van der Waals surface area contributed by atoms with E-state index in [4.69, 9.17) is 0 Å². The Morgan fingerprint density at radius 1 is 1.17 bits per heavy atom. The van der Waals surface area contributed by atoms with E-state index in [2.05, 4.69) is 16.8 Å². The summed E-state index contributed by atoms with van der Waals surface area (Å²) in [7, 11) is -4.05. The predicted molar refractivity (Wildman–Crippen MR) is 154 cm³/mol. The van der Waals surface area contributed by atoms with Crippen LogP contribution in [0.2, 0.25) is 0 Å². The Hall–Kier alpha value is -4.02. The van der Waals surface area contributed by atoms with Crippen LogP contribution in [-0.4, -0.2) is 48.1 Å². The number of aryl methyl sites for hydroxylation is 1. The Balaban J connectivity index is 1.63. The Kier molecular flexibility index (Phi) is 7.48. The molecule has 2 aromatic carbocycles. The molecule has 0 spiro atoms. The van der Waals surface area contributed by atoms with Gasteiger partial charge in [-0.1, -0.05) is 17.2 Å². The van der Waals surface area contributed by atoms with Crippen LogP contribution in [0.25, 0.3) is 11.8 Å². The molecular weight excluding hydrogens is 546 g/mol. The van der Waals surface area contributed by atoms with Crippen LogP contribution >= 0.6 is 0 Å². The number of allylic oxidation sites excluding steroid dienone is 4. The van der Waals surface area contributed by atoms with Crippen LogP contribution in [0.1, 0.15) is 37.1 Å². The summed E-state index contributed by atoms with van der Waals surface area (Å²) in [6, 6.07) is 9.63. The lowest BCUT2D eigenvalue weighted by Gasteiger charge is -2.45. The fourth-order valence-corrected chi connectivity index (χ4v) is 7.05. The largest absolute Gasteiger partial charge is 0.291 e. The molecule has 0 radical (unpaired) electrons. The molecular formula is C31H30F2N4O3S. The van der Waals surface area contributed by atoms with Gasteiger partial charge in [0, 0.05) is 13.1 Å². The molecule has 41 heavy (non-hydrogen) atoms. The van der Waals surface area contributed by atoms with Gasteiger partial charge in [0.1, 0.15) is 17.3 Å². The van der Waals surface area contributed by atoms with Gasteiger partial charge >= 0.3 is 0 Å². The van der Waals surface area contributed by atoms with Gasteiger partial charge in [-0.3, -0.25) is 9.79 Å². The van der Waals surface area contributed by atoms with Gasteiger partial charge in [-0.15, -0.1) is 0 Å². The van der Waals surface area contributed by atoms with Crippen molar-refractivity contribution in [3.8, 4) is 5.69 Å². The van der Waals surface area contributed by atoms with E-state index in [1.54, 1.807) is 29.1 Å². The minimum Gasteiger partial charge on any atom is -0.291 e. The zero-order valence-electron chi connectivity index (χ0n) is 23.1. The van der Waals surface area contributed by atoms with E-state index in [0.29, 0.717) is 5.69 Å². The summed E-state index contributed by atoms with van der Waals surface area (Å²) in [5, 5.41) is 4.52. The maximum absolute atomic E-state index is 14.4. The lowest BCUT2D eigenvalue weighted by atomic mass is 9.65. The number of aromatic nitrogens is 2. The van der Waals surface area contributed by atoms with E-state index in [-0.39, 0.29) is 53.7 Å². The van der Waals surface area contributed by atoms with E-state index in [1.165, 1.54) is 35.5 Å². The van der Waals surface area contributed by atoms with E-state index in [0.717, 1.165) is 28.5 Å². The van der Waals surface area contributed by atoms with Gasteiger partial charge in [-0.2, -0.15) is 9.40 Å². The summed E-state index contributed by atoms with van der Waals surface area (Å²) in [5.41, 5.74) is 2.82. The molecule has 1 aliphatic heterocycles. The molecule has 5 rings (SSSR count). The summed E-state index contributed by atoms with van der Waals surface area (Å²) in [5.74, 6) is -1.20. The van der Waals surface area contributed by atoms with E-state index in [9.17, 15) is 22.0 Å². The summed E-state index contributed by atoms with van der Waals surface area (Å²) in [6.07, 6.45) is 7.50. The Labute approximate surface area is 238 Å². The third-order valence-corrected chi connectivity index (χ3v) is 9.72. The van der Waals surface area contributed by atoms with Crippen LogP contribution in [0.4, 0.5) is 8.78 Å². The smallest absolute Gasteiger partial charge is 0.243 e. The predicted octanol–water partition coefficient (Wildman–Crippen LogP) is 5.60. The molecule has 0 saturated carbocycles. The van der Waals surface area contributed by atoms with E-state index in [1.807, 2.05) is 26.0 Å². The fourth-order valence-electron chi connectivity index (χ4n) is 5.46. The van der Waals surface area contributed by atoms with E-state index >= 15 is 0 Å². The second kappa shape index (κ2) is 10.8. The van der Waals surface area contributed by atoms with Crippen molar-refractivity contribution in [2.45, 2.75) is 38.5 Å². The molecule has 0 N–H and O–H groups in total. The number of nitrogens with zero attached hydrogens (tertiary/aromatic N) is 4. The number of carbonyl (C=O) groups is 1. The van der Waals surface area contributed by atoms with Crippen molar-refractivity contribution in [1.29, 1.82) is 0 Å². The average Bonchev–Trinajstić information content (AvgIpc) is 3.37. The molecule has 1 fully saturated rings. The van der Waals surface area contributed by atoms with Crippen LogP contribution in [0.15, 0.2) is 87.5 Å². The van der Waals surface area contributed by atoms with Gasteiger partial charge in [0.05, 0.1) is 27.9 Å². The molecule has 3 aromatic rings. The number of piperidine rings is 1. The molecule has 1 saturated heterocycles. The second-order valence-electron chi connectivity index (χ2n) is 10.4. The van der Waals surface area contributed by atoms with E-state index < -0.39 is 21.3 Å². The van der Waals surface area contributed by atoms with Crippen molar-refractivity contribution < 1.29 is 22.0 Å².